The minimum absolute atomic E-state index is 0.121. The zero-order valence-corrected chi connectivity index (χ0v) is 17.0. The Balaban J connectivity index is 1.39. The molecule has 0 atom stereocenters. The van der Waals surface area contributed by atoms with Gasteiger partial charge in [-0.1, -0.05) is 67.6 Å². The minimum atomic E-state index is 0.121. The lowest BCUT2D eigenvalue weighted by Gasteiger charge is -2.61. The number of nitrogens with zero attached hydrogens (tertiary/aromatic N) is 4. The van der Waals surface area contributed by atoms with Gasteiger partial charge in [-0.05, 0) is 35.4 Å². The molecule has 2 aliphatic rings. The molecule has 148 valence electrons. The van der Waals surface area contributed by atoms with Gasteiger partial charge in [-0.15, -0.1) is 0 Å². The molecule has 0 unspecified atom stereocenters. The molecule has 2 aromatic carbocycles. The van der Waals surface area contributed by atoms with Gasteiger partial charge in [-0.3, -0.25) is 4.90 Å². The molecule has 1 aliphatic heterocycles. The van der Waals surface area contributed by atoms with Gasteiger partial charge < -0.3 is 4.90 Å². The van der Waals surface area contributed by atoms with Crippen molar-refractivity contribution in [1.82, 2.24) is 14.9 Å². The summed E-state index contributed by atoms with van der Waals surface area (Å²) in [7, 11) is 0. The van der Waals surface area contributed by atoms with Gasteiger partial charge in [0.25, 0.3) is 0 Å². The molecule has 2 heterocycles. The van der Waals surface area contributed by atoms with Crippen molar-refractivity contribution in [2.45, 2.75) is 30.7 Å². The van der Waals surface area contributed by atoms with Crippen LogP contribution in [0.5, 0.6) is 0 Å². The summed E-state index contributed by atoms with van der Waals surface area (Å²) >= 11 is 0. The van der Waals surface area contributed by atoms with Gasteiger partial charge in [0.05, 0.1) is 0 Å². The predicted octanol–water partition coefficient (Wildman–Crippen LogP) is 4.25. The van der Waals surface area contributed by atoms with Gasteiger partial charge in [0.2, 0.25) is 5.95 Å². The highest BCUT2D eigenvalue weighted by atomic mass is 15.3. The van der Waals surface area contributed by atoms with Crippen molar-refractivity contribution in [2.75, 3.05) is 31.1 Å². The maximum Gasteiger partial charge on any atom is 0.225 e. The van der Waals surface area contributed by atoms with Crippen molar-refractivity contribution in [3.63, 3.8) is 0 Å². The van der Waals surface area contributed by atoms with Crippen LogP contribution in [-0.2, 0) is 11.0 Å². The molecule has 29 heavy (non-hydrogen) atoms. The van der Waals surface area contributed by atoms with Gasteiger partial charge in [0.1, 0.15) is 0 Å². The Morgan fingerprint density at radius 1 is 0.690 bits per heavy atom. The number of hydrogen-bond donors (Lipinski definition) is 0. The molecule has 2 fully saturated rings. The lowest BCUT2D eigenvalue weighted by atomic mass is 9.52. The van der Waals surface area contributed by atoms with E-state index in [1.807, 2.05) is 18.5 Å². The third-order valence-corrected chi connectivity index (χ3v) is 6.87. The summed E-state index contributed by atoms with van der Waals surface area (Å²) in [5.74, 6) is 0.851. The average Bonchev–Trinajstić information content (AvgIpc) is 2.79. The zero-order chi connectivity index (χ0) is 19.7. The molecule has 0 bridgehead atoms. The molecule has 1 aliphatic carbocycles. The van der Waals surface area contributed by atoms with E-state index < -0.39 is 0 Å². The highest BCUT2D eigenvalue weighted by molar-refractivity contribution is 5.39. The predicted molar refractivity (Wildman–Crippen MR) is 117 cm³/mol. The van der Waals surface area contributed by atoms with Gasteiger partial charge in [-0.25, -0.2) is 9.97 Å². The summed E-state index contributed by atoms with van der Waals surface area (Å²) in [6.07, 6.45) is 5.99. The monoisotopic (exact) mass is 384 g/mol. The largest absolute Gasteiger partial charge is 0.338 e. The third-order valence-electron chi connectivity index (χ3n) is 6.87. The Hall–Kier alpha value is -2.72. The van der Waals surface area contributed by atoms with Crippen molar-refractivity contribution >= 4 is 5.95 Å². The molecule has 4 heteroatoms. The Labute approximate surface area is 173 Å². The van der Waals surface area contributed by atoms with Gasteiger partial charge in [0, 0.05) is 44.1 Å². The van der Waals surface area contributed by atoms with Crippen LogP contribution in [0.25, 0.3) is 0 Å². The molecular formula is C25H28N4. The lowest BCUT2D eigenvalue weighted by Crippen LogP contribution is -2.64. The SMILES string of the molecule is CC1(c2ccccc2)CC(c2ccccc2)(N2CCN(c3ncccn3)CC2)C1. The van der Waals surface area contributed by atoms with Crippen molar-refractivity contribution in [2.24, 2.45) is 0 Å². The first kappa shape index (κ1) is 18.3. The Bertz CT molecular complexity index is 928. The van der Waals surface area contributed by atoms with Crippen LogP contribution in [0.1, 0.15) is 30.9 Å². The van der Waals surface area contributed by atoms with Crippen LogP contribution < -0.4 is 4.90 Å². The van der Waals surface area contributed by atoms with Crippen LogP contribution in [0.3, 0.4) is 0 Å². The molecule has 0 amide bonds. The second-order valence-electron chi connectivity index (χ2n) is 8.70. The van der Waals surface area contributed by atoms with Gasteiger partial charge >= 0.3 is 0 Å². The molecule has 4 nitrogen and oxygen atoms in total. The van der Waals surface area contributed by atoms with Gasteiger partial charge in [-0.2, -0.15) is 0 Å². The molecule has 0 N–H and O–H groups in total. The van der Waals surface area contributed by atoms with Crippen LogP contribution in [0.4, 0.5) is 5.95 Å². The fourth-order valence-electron chi connectivity index (χ4n) is 5.43. The first-order valence-electron chi connectivity index (χ1n) is 10.6. The quantitative estimate of drug-likeness (QED) is 0.673. The zero-order valence-electron chi connectivity index (χ0n) is 17.0. The summed E-state index contributed by atoms with van der Waals surface area (Å²) in [4.78, 5) is 13.9. The van der Waals surface area contributed by atoms with E-state index in [0.717, 1.165) is 45.0 Å². The second-order valence-corrected chi connectivity index (χ2v) is 8.70. The molecule has 5 rings (SSSR count). The topological polar surface area (TPSA) is 32.3 Å². The van der Waals surface area contributed by atoms with E-state index >= 15 is 0 Å². The highest BCUT2D eigenvalue weighted by Gasteiger charge is 2.56. The highest BCUT2D eigenvalue weighted by Crippen LogP contribution is 2.58. The van der Waals surface area contributed by atoms with E-state index in [0.29, 0.717) is 0 Å². The fourth-order valence-corrected chi connectivity index (χ4v) is 5.43. The number of hydrogen-bond acceptors (Lipinski definition) is 4. The summed E-state index contributed by atoms with van der Waals surface area (Å²) in [5, 5.41) is 0. The van der Waals surface area contributed by atoms with E-state index in [2.05, 4.69) is 87.4 Å². The molecule has 3 aromatic rings. The van der Waals surface area contributed by atoms with E-state index in [9.17, 15) is 0 Å². The van der Waals surface area contributed by atoms with Gasteiger partial charge in [0.15, 0.2) is 0 Å². The van der Waals surface area contributed by atoms with Crippen LogP contribution in [0, 0.1) is 0 Å². The van der Waals surface area contributed by atoms with Crippen molar-refractivity contribution < 1.29 is 0 Å². The summed E-state index contributed by atoms with van der Waals surface area (Å²) in [5.41, 5.74) is 3.27. The molecular weight excluding hydrogens is 356 g/mol. The first-order chi connectivity index (χ1) is 14.2. The number of rotatable bonds is 4. The smallest absolute Gasteiger partial charge is 0.225 e. The number of piperazine rings is 1. The molecule has 1 aromatic heterocycles. The first-order valence-corrected chi connectivity index (χ1v) is 10.6. The summed E-state index contributed by atoms with van der Waals surface area (Å²) in [6.45, 7) is 6.45. The van der Waals surface area contributed by atoms with Crippen LogP contribution in [0.15, 0.2) is 79.1 Å². The Morgan fingerprint density at radius 3 is 1.83 bits per heavy atom. The van der Waals surface area contributed by atoms with Crippen molar-refractivity contribution in [3.8, 4) is 0 Å². The molecule has 0 radical (unpaired) electrons. The van der Waals surface area contributed by atoms with Crippen LogP contribution in [0.2, 0.25) is 0 Å². The normalized spacial score (nSPS) is 27.4. The molecule has 1 saturated heterocycles. The van der Waals surface area contributed by atoms with E-state index in [4.69, 9.17) is 0 Å². The maximum atomic E-state index is 4.44. The third kappa shape index (κ3) is 3.22. The van der Waals surface area contributed by atoms with Crippen LogP contribution in [-0.4, -0.2) is 41.0 Å². The van der Waals surface area contributed by atoms with E-state index in [1.54, 1.807) is 0 Å². The number of benzene rings is 2. The summed E-state index contributed by atoms with van der Waals surface area (Å²) < 4.78 is 0. The number of anilines is 1. The number of aromatic nitrogens is 2. The summed E-state index contributed by atoms with van der Waals surface area (Å²) in [6, 6.07) is 24.0. The van der Waals surface area contributed by atoms with E-state index in [1.165, 1.54) is 11.1 Å². The van der Waals surface area contributed by atoms with Crippen molar-refractivity contribution in [1.29, 1.82) is 0 Å². The molecule has 0 spiro atoms. The molecule has 1 saturated carbocycles. The Morgan fingerprint density at radius 2 is 1.24 bits per heavy atom. The minimum Gasteiger partial charge on any atom is -0.338 e. The fraction of sp³-hybridized carbons (Fsp3) is 0.360. The standard InChI is InChI=1S/C25H28N4/c1-24(21-9-4-2-5-10-21)19-25(20-24,22-11-6-3-7-12-22)29-17-15-28(16-18-29)23-26-13-8-14-27-23/h2-14H,15-20H2,1H3. The lowest BCUT2D eigenvalue weighted by molar-refractivity contribution is -0.0472. The van der Waals surface area contributed by atoms with Crippen LogP contribution >= 0.6 is 0 Å². The van der Waals surface area contributed by atoms with Crippen molar-refractivity contribution in [3.05, 3.63) is 90.3 Å². The van der Waals surface area contributed by atoms with E-state index in [-0.39, 0.29) is 11.0 Å². The maximum absolute atomic E-state index is 4.44. The average molecular weight is 385 g/mol. The second kappa shape index (κ2) is 7.27. The Kier molecular flexibility index (Phi) is 4.59.